The van der Waals surface area contributed by atoms with Crippen LogP contribution in [0.25, 0.3) is 0 Å². The third-order valence-corrected chi connectivity index (χ3v) is 5.23. The van der Waals surface area contributed by atoms with Gasteiger partial charge in [0.1, 0.15) is 5.75 Å². The number of primary amides is 1. The summed E-state index contributed by atoms with van der Waals surface area (Å²) in [5.74, 6) is -0.0811. The zero-order chi connectivity index (χ0) is 23.2. The molecule has 1 atom stereocenters. The largest absolute Gasteiger partial charge is 0.493 e. The predicted molar refractivity (Wildman–Crippen MR) is 125 cm³/mol. The van der Waals surface area contributed by atoms with Gasteiger partial charge in [0.2, 0.25) is 12.3 Å². The Morgan fingerprint density at radius 3 is 2.35 bits per heavy atom. The summed E-state index contributed by atoms with van der Waals surface area (Å²) in [6.45, 7) is 13.4. The Labute approximate surface area is 185 Å². The van der Waals surface area contributed by atoms with E-state index < -0.39 is 11.8 Å². The molecule has 0 aliphatic carbocycles. The Hall–Kier alpha value is -3.02. The third kappa shape index (κ3) is 6.74. The second-order valence-corrected chi connectivity index (χ2v) is 9.82. The van der Waals surface area contributed by atoms with Gasteiger partial charge in [-0.15, -0.1) is 0 Å². The molecular formula is C25H35N3O3. The molecule has 1 unspecified atom stereocenters. The molecule has 6 nitrogen and oxygen atoms in total. The van der Waals surface area contributed by atoms with E-state index in [2.05, 4.69) is 64.5 Å². The number of nitrogens with two attached hydrogens (primary N) is 1. The molecule has 0 heterocycles. The maximum Gasteiger partial charge on any atom is 0.225 e. The number of amides is 2. The molecule has 0 saturated carbocycles. The van der Waals surface area contributed by atoms with Crippen molar-refractivity contribution < 1.29 is 14.3 Å². The lowest BCUT2D eigenvalue weighted by Gasteiger charge is -2.27. The predicted octanol–water partition coefficient (Wildman–Crippen LogP) is 4.39. The number of benzene rings is 2. The molecule has 0 aromatic heterocycles. The van der Waals surface area contributed by atoms with Gasteiger partial charge in [-0.05, 0) is 52.1 Å². The Balaban J connectivity index is 2.18. The topological polar surface area (TPSA) is 93.4 Å². The Bertz CT molecular complexity index is 911. The molecule has 168 valence electrons. The highest BCUT2D eigenvalue weighted by Gasteiger charge is 2.24. The zero-order valence-electron chi connectivity index (χ0n) is 19.4. The molecule has 0 bridgehead atoms. The van der Waals surface area contributed by atoms with Gasteiger partial charge in [-0.2, -0.15) is 0 Å². The van der Waals surface area contributed by atoms with Crippen molar-refractivity contribution in [2.75, 3.05) is 12.0 Å². The van der Waals surface area contributed by atoms with Gasteiger partial charge >= 0.3 is 0 Å². The number of hydrogen-bond acceptors (Lipinski definition) is 4. The fraction of sp³-hybridized carbons (Fsp3) is 0.440. The summed E-state index contributed by atoms with van der Waals surface area (Å²) in [7, 11) is 0. The molecular weight excluding hydrogens is 390 g/mol. The molecule has 0 aliphatic heterocycles. The van der Waals surface area contributed by atoms with Crippen LogP contribution in [-0.4, -0.2) is 18.9 Å². The quantitative estimate of drug-likeness (QED) is 0.410. The maximum absolute atomic E-state index is 12.1. The summed E-state index contributed by atoms with van der Waals surface area (Å²) in [6, 6.07) is 13.6. The minimum Gasteiger partial charge on any atom is -0.493 e. The van der Waals surface area contributed by atoms with Gasteiger partial charge in [-0.25, -0.2) is 0 Å². The standard InChI is InChI=1S/C25H35N3O3/c1-24(2,3)18-10-11-22(21(15-18)25(4,5)6)31-13-12-20(23(26)30)17-8-7-9-19(14-17)28-27-16-29/h7-11,14-16,20,28H,12-13H2,1-6H3,(H2,26,30)(H,27,29). The first kappa shape index (κ1) is 24.3. The van der Waals surface area contributed by atoms with Crippen molar-refractivity contribution >= 4 is 18.0 Å². The smallest absolute Gasteiger partial charge is 0.225 e. The van der Waals surface area contributed by atoms with Gasteiger partial charge in [-0.3, -0.25) is 20.4 Å². The van der Waals surface area contributed by atoms with Crippen molar-refractivity contribution in [3.05, 3.63) is 59.2 Å². The van der Waals surface area contributed by atoms with Crippen molar-refractivity contribution in [3.8, 4) is 5.75 Å². The number of carbonyl (C=O) groups excluding carboxylic acids is 2. The fourth-order valence-electron chi connectivity index (χ4n) is 3.41. The first-order valence-corrected chi connectivity index (χ1v) is 10.6. The van der Waals surface area contributed by atoms with Crippen molar-refractivity contribution in [2.45, 2.75) is 64.7 Å². The summed E-state index contributed by atoms with van der Waals surface area (Å²) in [5.41, 5.74) is 14.6. The van der Waals surface area contributed by atoms with Crippen molar-refractivity contribution in [2.24, 2.45) is 5.73 Å². The average Bonchev–Trinajstić information content (AvgIpc) is 2.68. The van der Waals surface area contributed by atoms with Crippen LogP contribution in [0.3, 0.4) is 0 Å². The van der Waals surface area contributed by atoms with Gasteiger partial charge in [0.15, 0.2) is 0 Å². The Kier molecular flexibility index (Phi) is 7.71. The molecule has 4 N–H and O–H groups in total. The summed E-state index contributed by atoms with van der Waals surface area (Å²) < 4.78 is 6.15. The highest BCUT2D eigenvalue weighted by Crippen LogP contribution is 2.36. The summed E-state index contributed by atoms with van der Waals surface area (Å²) in [6.07, 6.45) is 0.994. The molecule has 2 aromatic rings. The molecule has 0 radical (unpaired) electrons. The van der Waals surface area contributed by atoms with Crippen LogP contribution in [0.2, 0.25) is 0 Å². The van der Waals surface area contributed by atoms with Crippen LogP contribution in [0.4, 0.5) is 5.69 Å². The van der Waals surface area contributed by atoms with E-state index in [1.165, 1.54) is 5.56 Å². The lowest BCUT2D eigenvalue weighted by atomic mass is 9.80. The van der Waals surface area contributed by atoms with Gasteiger partial charge in [-0.1, -0.05) is 65.8 Å². The maximum atomic E-state index is 12.1. The van der Waals surface area contributed by atoms with E-state index >= 15 is 0 Å². The highest BCUT2D eigenvalue weighted by molar-refractivity contribution is 5.82. The molecule has 2 rings (SSSR count). The van der Waals surface area contributed by atoms with Crippen LogP contribution in [-0.2, 0) is 20.4 Å². The highest BCUT2D eigenvalue weighted by atomic mass is 16.5. The SMILES string of the molecule is CC(C)(C)c1ccc(OCCC(C(N)=O)c2cccc(NNC=O)c2)c(C(C)(C)C)c1. The summed E-state index contributed by atoms with van der Waals surface area (Å²) in [5, 5.41) is 0. The minimum absolute atomic E-state index is 0.0490. The summed E-state index contributed by atoms with van der Waals surface area (Å²) in [4.78, 5) is 22.6. The Morgan fingerprint density at radius 1 is 1.06 bits per heavy atom. The lowest BCUT2D eigenvalue weighted by molar-refractivity contribution is -0.119. The Morgan fingerprint density at radius 2 is 1.77 bits per heavy atom. The molecule has 6 heteroatoms. The van der Waals surface area contributed by atoms with Crippen LogP contribution in [0.1, 0.15) is 70.6 Å². The molecule has 0 saturated heterocycles. The first-order valence-electron chi connectivity index (χ1n) is 10.6. The number of anilines is 1. The normalized spacial score (nSPS) is 12.7. The van der Waals surface area contributed by atoms with Crippen LogP contribution < -0.4 is 21.3 Å². The number of hydrazine groups is 1. The van der Waals surface area contributed by atoms with Crippen LogP contribution in [0.5, 0.6) is 5.75 Å². The molecule has 31 heavy (non-hydrogen) atoms. The van der Waals surface area contributed by atoms with Gasteiger partial charge in [0, 0.05) is 0 Å². The van der Waals surface area contributed by atoms with E-state index in [1.807, 2.05) is 18.2 Å². The molecule has 2 amide bonds. The van der Waals surface area contributed by atoms with E-state index in [0.29, 0.717) is 25.1 Å². The van der Waals surface area contributed by atoms with E-state index in [-0.39, 0.29) is 10.8 Å². The van der Waals surface area contributed by atoms with E-state index in [4.69, 9.17) is 10.5 Å². The van der Waals surface area contributed by atoms with E-state index in [0.717, 1.165) is 16.9 Å². The second kappa shape index (κ2) is 9.86. The number of hydrogen-bond donors (Lipinski definition) is 3. The summed E-state index contributed by atoms with van der Waals surface area (Å²) >= 11 is 0. The van der Waals surface area contributed by atoms with Gasteiger partial charge in [0.05, 0.1) is 18.2 Å². The van der Waals surface area contributed by atoms with E-state index in [1.54, 1.807) is 12.1 Å². The van der Waals surface area contributed by atoms with Crippen LogP contribution in [0.15, 0.2) is 42.5 Å². The zero-order valence-corrected chi connectivity index (χ0v) is 19.4. The fourth-order valence-corrected chi connectivity index (χ4v) is 3.41. The monoisotopic (exact) mass is 425 g/mol. The molecule has 0 fully saturated rings. The van der Waals surface area contributed by atoms with Crippen molar-refractivity contribution in [1.29, 1.82) is 0 Å². The van der Waals surface area contributed by atoms with Gasteiger partial charge in [0.25, 0.3) is 0 Å². The number of nitrogens with one attached hydrogen (secondary N) is 2. The molecule has 2 aromatic carbocycles. The van der Waals surface area contributed by atoms with Crippen LogP contribution >= 0.6 is 0 Å². The number of ether oxygens (including phenoxy) is 1. The number of carbonyl (C=O) groups is 2. The molecule has 0 aliphatic rings. The van der Waals surface area contributed by atoms with Crippen LogP contribution in [0, 0.1) is 0 Å². The average molecular weight is 426 g/mol. The minimum atomic E-state index is -0.495. The first-order chi connectivity index (χ1) is 14.4. The lowest BCUT2D eigenvalue weighted by Crippen LogP contribution is -2.24. The van der Waals surface area contributed by atoms with Gasteiger partial charge < -0.3 is 10.5 Å². The molecule has 0 spiro atoms. The van der Waals surface area contributed by atoms with E-state index in [9.17, 15) is 9.59 Å². The number of rotatable bonds is 9. The second-order valence-electron chi connectivity index (χ2n) is 9.82. The third-order valence-electron chi connectivity index (χ3n) is 5.23. The van der Waals surface area contributed by atoms with Crippen molar-refractivity contribution in [3.63, 3.8) is 0 Å². The van der Waals surface area contributed by atoms with Crippen molar-refractivity contribution in [1.82, 2.24) is 5.43 Å².